The normalized spacial score (nSPS) is 29.8. The first-order chi connectivity index (χ1) is 12.3. The van der Waals surface area contributed by atoms with Crippen LogP contribution in [-0.4, -0.2) is 34.3 Å². The molecule has 146 valence electrons. The molecule has 3 N–H and O–H groups in total. The van der Waals surface area contributed by atoms with Gasteiger partial charge in [0.2, 0.25) is 11.8 Å². The highest BCUT2D eigenvalue weighted by molar-refractivity contribution is 5.89. The van der Waals surface area contributed by atoms with Gasteiger partial charge in [-0.2, -0.15) is 4.98 Å². The molecule has 1 aromatic rings. The number of aromatic nitrogens is 2. The topological polar surface area (TPSA) is 103 Å². The summed E-state index contributed by atoms with van der Waals surface area (Å²) in [5.41, 5.74) is 5.06. The summed E-state index contributed by atoms with van der Waals surface area (Å²) in [5, 5.41) is 7.10. The van der Waals surface area contributed by atoms with Crippen LogP contribution in [0, 0.1) is 5.41 Å². The van der Waals surface area contributed by atoms with Crippen LogP contribution in [0.5, 0.6) is 0 Å². The van der Waals surface area contributed by atoms with Gasteiger partial charge < -0.3 is 20.3 Å². The molecule has 0 radical (unpaired) electrons. The van der Waals surface area contributed by atoms with Crippen molar-refractivity contribution in [2.75, 3.05) is 6.61 Å². The van der Waals surface area contributed by atoms with Crippen LogP contribution in [0.25, 0.3) is 0 Å². The first kappa shape index (κ1) is 19.3. The predicted molar refractivity (Wildman–Crippen MR) is 97.4 cm³/mol. The van der Waals surface area contributed by atoms with E-state index in [4.69, 9.17) is 15.0 Å². The Morgan fingerprint density at radius 1 is 1.38 bits per heavy atom. The summed E-state index contributed by atoms with van der Waals surface area (Å²) in [6.45, 7) is 8.39. The molecule has 2 saturated carbocycles. The molecule has 3 unspecified atom stereocenters. The van der Waals surface area contributed by atoms with Crippen molar-refractivity contribution in [3.05, 3.63) is 11.7 Å². The second-order valence-electron chi connectivity index (χ2n) is 8.36. The van der Waals surface area contributed by atoms with Crippen molar-refractivity contribution in [1.82, 2.24) is 15.5 Å². The Labute approximate surface area is 155 Å². The van der Waals surface area contributed by atoms with E-state index in [2.05, 4.69) is 15.5 Å². The highest BCUT2D eigenvalue weighted by Gasteiger charge is 2.63. The summed E-state index contributed by atoms with van der Waals surface area (Å²) in [6.07, 6.45) is 6.45. The van der Waals surface area contributed by atoms with Crippen LogP contribution in [0.1, 0.15) is 89.9 Å². The molecule has 0 aliphatic heterocycles. The van der Waals surface area contributed by atoms with Gasteiger partial charge in [0.15, 0.2) is 5.82 Å². The van der Waals surface area contributed by atoms with Crippen LogP contribution < -0.4 is 11.1 Å². The highest BCUT2D eigenvalue weighted by atomic mass is 16.5. The minimum Gasteiger partial charge on any atom is -0.378 e. The van der Waals surface area contributed by atoms with E-state index in [1.165, 1.54) is 19.3 Å². The van der Waals surface area contributed by atoms with Gasteiger partial charge in [-0.05, 0) is 26.7 Å². The minimum atomic E-state index is -0.951. The number of nitrogens with one attached hydrogen (secondary N) is 1. The van der Waals surface area contributed by atoms with Crippen LogP contribution in [0.2, 0.25) is 0 Å². The lowest BCUT2D eigenvalue weighted by Crippen LogP contribution is -2.75. The smallest absolute Gasteiger partial charge is 0.248 e. The van der Waals surface area contributed by atoms with Crippen LogP contribution in [0.15, 0.2) is 4.52 Å². The number of ether oxygens (including phenoxy) is 1. The summed E-state index contributed by atoms with van der Waals surface area (Å²) in [4.78, 5) is 17.4. The van der Waals surface area contributed by atoms with Gasteiger partial charge in [-0.1, -0.05) is 38.3 Å². The summed E-state index contributed by atoms with van der Waals surface area (Å²) in [6, 6.07) is -0.366. The van der Waals surface area contributed by atoms with E-state index in [-0.39, 0.29) is 18.1 Å². The number of amides is 1. The highest BCUT2D eigenvalue weighted by Crippen LogP contribution is 2.50. The Morgan fingerprint density at radius 3 is 2.69 bits per heavy atom. The molecule has 26 heavy (non-hydrogen) atoms. The molecule has 1 amide bonds. The lowest BCUT2D eigenvalue weighted by Gasteiger charge is -2.57. The first-order valence-corrected chi connectivity index (χ1v) is 9.84. The predicted octanol–water partition coefficient (Wildman–Crippen LogP) is 2.83. The van der Waals surface area contributed by atoms with E-state index < -0.39 is 11.0 Å². The Balaban J connectivity index is 1.62. The second-order valence-corrected chi connectivity index (χ2v) is 8.36. The maximum atomic E-state index is 12.8. The summed E-state index contributed by atoms with van der Waals surface area (Å²) < 4.78 is 11.1. The molecule has 0 saturated heterocycles. The van der Waals surface area contributed by atoms with Gasteiger partial charge >= 0.3 is 0 Å². The van der Waals surface area contributed by atoms with Gasteiger partial charge in [-0.25, -0.2) is 0 Å². The average Bonchev–Trinajstić information content (AvgIpc) is 3.12. The van der Waals surface area contributed by atoms with Gasteiger partial charge in [-0.3, -0.25) is 4.79 Å². The molecule has 0 aromatic carbocycles. The third-order valence-electron chi connectivity index (χ3n) is 6.38. The number of carbonyl (C=O) groups is 1. The largest absolute Gasteiger partial charge is 0.378 e. The van der Waals surface area contributed by atoms with Crippen molar-refractivity contribution in [2.45, 2.75) is 89.8 Å². The SMILES string of the molecule is CCOC1CC(N)(C(=O)NC(C)c2nc(C3CCCCC3)no2)C1(C)C. The van der Waals surface area contributed by atoms with Gasteiger partial charge in [-0.15, -0.1) is 0 Å². The third-order valence-corrected chi connectivity index (χ3v) is 6.38. The van der Waals surface area contributed by atoms with Gasteiger partial charge in [0.25, 0.3) is 0 Å². The summed E-state index contributed by atoms with van der Waals surface area (Å²) in [7, 11) is 0. The van der Waals surface area contributed by atoms with Crippen molar-refractivity contribution in [2.24, 2.45) is 11.1 Å². The first-order valence-electron chi connectivity index (χ1n) is 9.84. The third kappa shape index (κ3) is 3.27. The molecule has 2 fully saturated rings. The van der Waals surface area contributed by atoms with Crippen molar-refractivity contribution in [1.29, 1.82) is 0 Å². The molecule has 2 aliphatic rings. The van der Waals surface area contributed by atoms with Crippen LogP contribution in [0.4, 0.5) is 0 Å². The lowest BCUT2D eigenvalue weighted by molar-refractivity contribution is -0.171. The maximum absolute atomic E-state index is 12.8. The molecule has 1 heterocycles. The zero-order valence-corrected chi connectivity index (χ0v) is 16.4. The fraction of sp³-hybridized carbons (Fsp3) is 0.842. The quantitative estimate of drug-likeness (QED) is 0.804. The number of hydrogen-bond donors (Lipinski definition) is 2. The van der Waals surface area contributed by atoms with E-state index in [1.54, 1.807) is 0 Å². The number of rotatable bonds is 6. The summed E-state index contributed by atoms with van der Waals surface area (Å²) in [5.74, 6) is 1.40. The van der Waals surface area contributed by atoms with Crippen molar-refractivity contribution >= 4 is 5.91 Å². The molecule has 3 atom stereocenters. The van der Waals surface area contributed by atoms with Crippen molar-refractivity contribution < 1.29 is 14.1 Å². The van der Waals surface area contributed by atoms with E-state index in [9.17, 15) is 4.79 Å². The molecular weight excluding hydrogens is 332 g/mol. The second kappa shape index (κ2) is 7.27. The fourth-order valence-corrected chi connectivity index (χ4v) is 4.16. The Bertz CT molecular complexity index is 638. The molecule has 2 aliphatic carbocycles. The average molecular weight is 364 g/mol. The molecule has 3 rings (SSSR count). The van der Waals surface area contributed by atoms with E-state index in [0.29, 0.717) is 24.8 Å². The molecule has 0 bridgehead atoms. The summed E-state index contributed by atoms with van der Waals surface area (Å²) >= 11 is 0. The lowest BCUT2D eigenvalue weighted by atomic mass is 9.54. The number of carbonyl (C=O) groups excluding carboxylic acids is 1. The minimum absolute atomic E-state index is 0.000125. The Kier molecular flexibility index (Phi) is 5.40. The van der Waals surface area contributed by atoms with Gasteiger partial charge in [0.05, 0.1) is 6.10 Å². The molecular formula is C19H32N4O3. The monoisotopic (exact) mass is 364 g/mol. The van der Waals surface area contributed by atoms with Crippen molar-refractivity contribution in [3.8, 4) is 0 Å². The number of nitrogens with two attached hydrogens (primary N) is 1. The number of hydrogen-bond acceptors (Lipinski definition) is 6. The van der Waals surface area contributed by atoms with Gasteiger partial charge in [0, 0.05) is 24.4 Å². The van der Waals surface area contributed by atoms with E-state index >= 15 is 0 Å². The molecule has 7 heteroatoms. The van der Waals surface area contributed by atoms with Crippen LogP contribution in [-0.2, 0) is 9.53 Å². The van der Waals surface area contributed by atoms with Crippen LogP contribution in [0.3, 0.4) is 0 Å². The Hall–Kier alpha value is -1.47. The molecule has 1 aromatic heterocycles. The molecule has 7 nitrogen and oxygen atoms in total. The maximum Gasteiger partial charge on any atom is 0.248 e. The standard InChI is InChI=1S/C19H32N4O3/c1-5-25-14-11-19(20,18(14,3)4)17(24)21-12(2)16-22-15(23-26-16)13-9-7-6-8-10-13/h12-14H,5-11,20H2,1-4H3,(H,21,24). The number of nitrogens with zero attached hydrogens (tertiary/aromatic N) is 2. The molecule has 0 spiro atoms. The van der Waals surface area contributed by atoms with Crippen molar-refractivity contribution in [3.63, 3.8) is 0 Å². The van der Waals surface area contributed by atoms with Crippen LogP contribution >= 0.6 is 0 Å². The zero-order chi connectivity index (χ0) is 18.9. The zero-order valence-electron chi connectivity index (χ0n) is 16.4. The Morgan fingerprint density at radius 2 is 2.08 bits per heavy atom. The fourth-order valence-electron chi connectivity index (χ4n) is 4.16. The van der Waals surface area contributed by atoms with E-state index in [0.717, 1.165) is 18.7 Å². The van der Waals surface area contributed by atoms with E-state index in [1.807, 2.05) is 27.7 Å². The van der Waals surface area contributed by atoms with Gasteiger partial charge in [0.1, 0.15) is 11.6 Å².